The van der Waals surface area contributed by atoms with Gasteiger partial charge in [0.05, 0.1) is 7.11 Å². The summed E-state index contributed by atoms with van der Waals surface area (Å²) in [6.07, 6.45) is 1.97. The van der Waals surface area contributed by atoms with Gasteiger partial charge in [-0.05, 0) is 56.3 Å². The summed E-state index contributed by atoms with van der Waals surface area (Å²) >= 11 is 0. The number of methoxy groups -OCH3 is 2. The van der Waals surface area contributed by atoms with Crippen LogP contribution in [0.5, 0.6) is 11.5 Å². The Balaban J connectivity index is 1.94. The topological polar surface area (TPSA) is 30.9 Å². The lowest BCUT2D eigenvalue weighted by Crippen LogP contribution is -2.32. The van der Waals surface area contributed by atoms with Gasteiger partial charge in [-0.2, -0.15) is 0 Å². The lowest BCUT2D eigenvalue weighted by Gasteiger charge is -2.21. The van der Waals surface area contributed by atoms with Crippen LogP contribution < -0.4 is 9.47 Å². The van der Waals surface area contributed by atoms with Gasteiger partial charge in [0.1, 0.15) is 24.2 Å². The molecule has 0 bridgehead atoms. The Labute approximate surface area is 151 Å². The molecule has 136 valence electrons. The third-order valence-corrected chi connectivity index (χ3v) is 4.14. The van der Waals surface area contributed by atoms with Crippen molar-refractivity contribution >= 4 is 0 Å². The lowest BCUT2D eigenvalue weighted by atomic mass is 10.0. The van der Waals surface area contributed by atoms with Gasteiger partial charge in [-0.25, -0.2) is 0 Å². The van der Waals surface area contributed by atoms with E-state index in [0.717, 1.165) is 30.9 Å². The van der Waals surface area contributed by atoms with E-state index in [2.05, 4.69) is 29.2 Å². The first-order chi connectivity index (χ1) is 12.1. The van der Waals surface area contributed by atoms with E-state index in [0.29, 0.717) is 6.61 Å². The van der Waals surface area contributed by atoms with Gasteiger partial charge in [0.2, 0.25) is 0 Å². The van der Waals surface area contributed by atoms with E-state index in [1.54, 1.807) is 14.2 Å². The molecule has 0 spiro atoms. The molecule has 4 heteroatoms. The summed E-state index contributed by atoms with van der Waals surface area (Å²) in [6.45, 7) is 1.39. The van der Waals surface area contributed by atoms with Crippen molar-refractivity contribution in [2.24, 2.45) is 0 Å². The van der Waals surface area contributed by atoms with E-state index in [-0.39, 0.29) is 6.10 Å². The second kappa shape index (κ2) is 10.1. The molecule has 0 fully saturated rings. The molecule has 0 saturated carbocycles. The first kappa shape index (κ1) is 19.3. The molecule has 2 aromatic carbocycles. The van der Waals surface area contributed by atoms with E-state index in [1.807, 2.05) is 38.4 Å². The molecule has 2 aromatic rings. The van der Waals surface area contributed by atoms with Gasteiger partial charge in [-0.3, -0.25) is 0 Å². The third kappa shape index (κ3) is 6.40. The Kier molecular flexibility index (Phi) is 7.76. The average Bonchev–Trinajstić information content (AvgIpc) is 2.64. The molecule has 25 heavy (non-hydrogen) atoms. The van der Waals surface area contributed by atoms with Crippen LogP contribution in [0, 0.1) is 0 Å². The molecule has 2 rings (SSSR count). The van der Waals surface area contributed by atoms with E-state index in [4.69, 9.17) is 14.2 Å². The van der Waals surface area contributed by atoms with E-state index < -0.39 is 0 Å². The molecule has 1 atom stereocenters. The van der Waals surface area contributed by atoms with Crippen molar-refractivity contribution < 1.29 is 14.2 Å². The van der Waals surface area contributed by atoms with E-state index in [9.17, 15) is 0 Å². The molecule has 0 heterocycles. The number of ether oxygens (including phenoxy) is 3. The van der Waals surface area contributed by atoms with E-state index in [1.165, 1.54) is 11.1 Å². The maximum atomic E-state index is 6.04. The monoisotopic (exact) mass is 343 g/mol. The normalized spacial score (nSPS) is 12.2. The predicted octanol–water partition coefficient (Wildman–Crippen LogP) is 3.44. The Morgan fingerprint density at radius 2 is 1.64 bits per heavy atom. The Hall–Kier alpha value is -2.04. The van der Waals surface area contributed by atoms with Crippen LogP contribution >= 0.6 is 0 Å². The Bertz CT molecular complexity index is 625. The van der Waals surface area contributed by atoms with Crippen molar-refractivity contribution in [3.05, 3.63) is 59.7 Å². The minimum atomic E-state index is 0.0599. The van der Waals surface area contributed by atoms with E-state index >= 15 is 0 Å². The summed E-state index contributed by atoms with van der Waals surface area (Å²) < 4.78 is 16.7. The summed E-state index contributed by atoms with van der Waals surface area (Å²) in [6, 6.07) is 16.5. The summed E-state index contributed by atoms with van der Waals surface area (Å²) in [5, 5.41) is 0. The first-order valence-corrected chi connectivity index (χ1v) is 8.63. The number of nitrogens with zero attached hydrogens (tertiary/aromatic N) is 1. The fraction of sp³-hybridized carbons (Fsp3) is 0.429. The van der Waals surface area contributed by atoms with Crippen molar-refractivity contribution in [1.29, 1.82) is 0 Å². The van der Waals surface area contributed by atoms with Crippen molar-refractivity contribution in [2.45, 2.75) is 18.9 Å². The number of hydrogen-bond acceptors (Lipinski definition) is 4. The maximum Gasteiger partial charge on any atom is 0.122 e. The summed E-state index contributed by atoms with van der Waals surface area (Å²) in [5.41, 5.74) is 2.51. The molecule has 0 N–H and O–H groups in total. The molecule has 0 radical (unpaired) electrons. The van der Waals surface area contributed by atoms with Crippen LogP contribution in [0.15, 0.2) is 48.5 Å². The molecule has 4 nitrogen and oxygen atoms in total. The zero-order valence-electron chi connectivity index (χ0n) is 15.7. The van der Waals surface area contributed by atoms with Crippen LogP contribution in [0.1, 0.15) is 11.1 Å². The number of rotatable bonds is 10. The molecule has 0 amide bonds. The summed E-state index contributed by atoms with van der Waals surface area (Å²) in [7, 11) is 7.49. The fourth-order valence-corrected chi connectivity index (χ4v) is 2.71. The smallest absolute Gasteiger partial charge is 0.122 e. The van der Waals surface area contributed by atoms with Gasteiger partial charge in [-0.15, -0.1) is 0 Å². The summed E-state index contributed by atoms with van der Waals surface area (Å²) in [4.78, 5) is 2.10. The van der Waals surface area contributed by atoms with Crippen molar-refractivity contribution in [3.63, 3.8) is 0 Å². The SMILES string of the molecule is COc1ccc(CCc2ccccc2OC[C@H](CN(C)C)OC)cc1. The molecular weight excluding hydrogens is 314 g/mol. The van der Waals surface area contributed by atoms with Crippen molar-refractivity contribution in [2.75, 3.05) is 41.5 Å². The van der Waals surface area contributed by atoms with Gasteiger partial charge < -0.3 is 19.1 Å². The molecule has 0 unspecified atom stereocenters. The number of likely N-dealkylation sites (N-methyl/N-ethyl adjacent to an activating group) is 1. The average molecular weight is 343 g/mol. The number of para-hydroxylation sites is 1. The lowest BCUT2D eigenvalue weighted by molar-refractivity contribution is 0.0396. The highest BCUT2D eigenvalue weighted by atomic mass is 16.5. The van der Waals surface area contributed by atoms with Crippen LogP contribution in [-0.4, -0.2) is 52.5 Å². The molecule has 0 aliphatic heterocycles. The molecular formula is C21H29NO3. The highest BCUT2D eigenvalue weighted by Crippen LogP contribution is 2.21. The highest BCUT2D eigenvalue weighted by molar-refractivity contribution is 5.35. The standard InChI is InChI=1S/C21H29NO3/c1-22(2)15-20(24-4)16-25-21-8-6-5-7-18(21)12-9-17-10-13-19(23-3)14-11-17/h5-8,10-11,13-14,20H,9,12,15-16H2,1-4H3/t20-/m0/s1. The predicted molar refractivity (Wildman–Crippen MR) is 102 cm³/mol. The molecule has 0 aromatic heterocycles. The van der Waals surface area contributed by atoms with Crippen LogP contribution in [0.2, 0.25) is 0 Å². The van der Waals surface area contributed by atoms with Gasteiger partial charge in [0.25, 0.3) is 0 Å². The largest absolute Gasteiger partial charge is 0.497 e. The third-order valence-electron chi connectivity index (χ3n) is 4.14. The second-order valence-corrected chi connectivity index (χ2v) is 6.39. The second-order valence-electron chi connectivity index (χ2n) is 6.39. The zero-order chi connectivity index (χ0) is 18.1. The van der Waals surface area contributed by atoms with Gasteiger partial charge in [0.15, 0.2) is 0 Å². The molecule has 0 aliphatic rings. The van der Waals surface area contributed by atoms with Crippen LogP contribution in [0.25, 0.3) is 0 Å². The number of hydrogen-bond donors (Lipinski definition) is 0. The quantitative estimate of drug-likeness (QED) is 0.661. The summed E-state index contributed by atoms with van der Waals surface area (Å²) in [5.74, 6) is 1.83. The fourth-order valence-electron chi connectivity index (χ4n) is 2.71. The van der Waals surface area contributed by atoms with Crippen molar-refractivity contribution in [3.8, 4) is 11.5 Å². The first-order valence-electron chi connectivity index (χ1n) is 8.63. The highest BCUT2D eigenvalue weighted by Gasteiger charge is 2.11. The molecule has 0 saturated heterocycles. The minimum Gasteiger partial charge on any atom is -0.497 e. The molecule has 0 aliphatic carbocycles. The van der Waals surface area contributed by atoms with Crippen LogP contribution in [0.4, 0.5) is 0 Å². The Morgan fingerprint density at radius 3 is 2.28 bits per heavy atom. The van der Waals surface area contributed by atoms with Crippen LogP contribution in [-0.2, 0) is 17.6 Å². The van der Waals surface area contributed by atoms with Crippen molar-refractivity contribution in [1.82, 2.24) is 4.90 Å². The minimum absolute atomic E-state index is 0.0599. The number of aryl methyl sites for hydroxylation is 2. The number of benzene rings is 2. The zero-order valence-corrected chi connectivity index (χ0v) is 15.7. The maximum absolute atomic E-state index is 6.04. The van der Waals surface area contributed by atoms with Gasteiger partial charge in [0, 0.05) is 13.7 Å². The van der Waals surface area contributed by atoms with Gasteiger partial charge in [-0.1, -0.05) is 30.3 Å². The van der Waals surface area contributed by atoms with Crippen LogP contribution in [0.3, 0.4) is 0 Å². The Morgan fingerprint density at radius 1 is 0.920 bits per heavy atom. The van der Waals surface area contributed by atoms with Gasteiger partial charge >= 0.3 is 0 Å².